The molecule has 0 fully saturated rings. The largest absolute Gasteiger partial charge is 0.460 e. The van der Waals surface area contributed by atoms with E-state index in [1.807, 2.05) is 32.7 Å². The Morgan fingerprint density at radius 2 is 2.06 bits per heavy atom. The number of esters is 1. The van der Waals surface area contributed by atoms with E-state index < -0.39 is 5.60 Å². The summed E-state index contributed by atoms with van der Waals surface area (Å²) in [5.41, 5.74) is 0.285. The van der Waals surface area contributed by atoms with Gasteiger partial charge in [-0.2, -0.15) is 0 Å². The average Bonchev–Trinajstić information content (AvgIpc) is 2.23. The van der Waals surface area contributed by atoms with Crippen molar-refractivity contribution in [2.75, 3.05) is 18.5 Å². The van der Waals surface area contributed by atoms with Crippen molar-refractivity contribution in [1.29, 1.82) is 0 Å². The van der Waals surface area contributed by atoms with Crippen molar-refractivity contribution < 1.29 is 13.9 Å². The van der Waals surface area contributed by atoms with Gasteiger partial charge in [-0.05, 0) is 39.0 Å². The Bertz CT molecular complexity index is 413. The molecule has 0 spiro atoms. The van der Waals surface area contributed by atoms with E-state index in [0.717, 1.165) is 5.69 Å². The minimum absolute atomic E-state index is 0.245. The Morgan fingerprint density at radius 1 is 1.39 bits per heavy atom. The number of nitrogens with zero attached hydrogens (tertiary/aromatic N) is 1. The van der Waals surface area contributed by atoms with Gasteiger partial charge in [-0.25, -0.2) is 4.39 Å². The normalized spacial score (nSPS) is 11.2. The van der Waals surface area contributed by atoms with Crippen molar-refractivity contribution in [3.05, 3.63) is 30.1 Å². The summed E-state index contributed by atoms with van der Waals surface area (Å²) in [6.45, 7) is 6.00. The number of hydrogen-bond acceptors (Lipinski definition) is 3. The van der Waals surface area contributed by atoms with E-state index in [0.29, 0.717) is 6.54 Å². The first kappa shape index (κ1) is 14.5. The number of carbonyl (C=O) groups excluding carboxylic acids is 1. The van der Waals surface area contributed by atoms with Crippen LogP contribution in [0.5, 0.6) is 0 Å². The molecule has 0 unspecified atom stereocenters. The number of halogens is 1. The summed E-state index contributed by atoms with van der Waals surface area (Å²) in [5, 5.41) is 0. The molecule has 0 heterocycles. The number of rotatable bonds is 4. The molecule has 0 radical (unpaired) electrons. The molecule has 100 valence electrons. The molecule has 0 N–H and O–H groups in total. The third-order valence-electron chi connectivity index (χ3n) is 2.32. The summed E-state index contributed by atoms with van der Waals surface area (Å²) in [6, 6.07) is 6.28. The lowest BCUT2D eigenvalue weighted by Gasteiger charge is -2.22. The Kier molecular flexibility index (Phi) is 4.70. The van der Waals surface area contributed by atoms with E-state index in [1.165, 1.54) is 12.1 Å². The molecule has 0 saturated carbocycles. The fraction of sp³-hybridized carbons (Fsp3) is 0.500. The Hall–Kier alpha value is -1.58. The molecule has 1 aromatic rings. The lowest BCUT2D eigenvalue weighted by atomic mass is 10.2. The van der Waals surface area contributed by atoms with Gasteiger partial charge in [-0.3, -0.25) is 4.79 Å². The van der Waals surface area contributed by atoms with E-state index >= 15 is 0 Å². The summed E-state index contributed by atoms with van der Waals surface area (Å²) < 4.78 is 18.2. The zero-order chi connectivity index (χ0) is 13.8. The monoisotopic (exact) mass is 253 g/mol. The zero-order valence-corrected chi connectivity index (χ0v) is 11.4. The van der Waals surface area contributed by atoms with Crippen LogP contribution in [0.15, 0.2) is 24.3 Å². The fourth-order valence-corrected chi connectivity index (χ4v) is 1.49. The number of anilines is 1. The minimum atomic E-state index is -0.464. The molecule has 0 aliphatic rings. The summed E-state index contributed by atoms with van der Waals surface area (Å²) in [6.07, 6.45) is 0.282. The standard InChI is InChI=1S/C14H20FNO2/c1-14(2,3)18-13(17)8-9-16(4)12-7-5-6-11(15)10-12/h5-7,10H,8-9H2,1-4H3. The van der Waals surface area contributed by atoms with Crippen molar-refractivity contribution in [3.63, 3.8) is 0 Å². The molecule has 0 saturated heterocycles. The van der Waals surface area contributed by atoms with Gasteiger partial charge >= 0.3 is 5.97 Å². The lowest BCUT2D eigenvalue weighted by molar-refractivity contribution is -0.154. The highest BCUT2D eigenvalue weighted by Gasteiger charge is 2.16. The van der Waals surface area contributed by atoms with Crippen LogP contribution in [0.1, 0.15) is 27.2 Å². The lowest BCUT2D eigenvalue weighted by Crippen LogP contribution is -2.27. The molecule has 0 atom stereocenters. The van der Waals surface area contributed by atoms with Crippen molar-refractivity contribution >= 4 is 11.7 Å². The first-order chi connectivity index (χ1) is 8.28. The molecule has 0 amide bonds. The molecule has 0 aliphatic heterocycles. The molecular formula is C14H20FNO2. The molecule has 3 nitrogen and oxygen atoms in total. The van der Waals surface area contributed by atoms with Crippen molar-refractivity contribution in [2.24, 2.45) is 0 Å². The Morgan fingerprint density at radius 3 is 2.61 bits per heavy atom. The van der Waals surface area contributed by atoms with Crippen molar-refractivity contribution in [2.45, 2.75) is 32.8 Å². The average molecular weight is 253 g/mol. The Labute approximate surface area is 108 Å². The molecule has 0 aliphatic carbocycles. The molecule has 0 bridgehead atoms. The topological polar surface area (TPSA) is 29.5 Å². The molecule has 1 aromatic carbocycles. The fourth-order valence-electron chi connectivity index (χ4n) is 1.49. The maximum Gasteiger partial charge on any atom is 0.308 e. The van der Waals surface area contributed by atoms with Crippen LogP contribution in [0.4, 0.5) is 10.1 Å². The first-order valence-electron chi connectivity index (χ1n) is 5.96. The molecular weight excluding hydrogens is 233 g/mol. The van der Waals surface area contributed by atoms with Crippen LogP contribution in [0.3, 0.4) is 0 Å². The van der Waals surface area contributed by atoms with Crippen LogP contribution < -0.4 is 4.90 Å². The number of hydrogen-bond donors (Lipinski definition) is 0. The highest BCUT2D eigenvalue weighted by atomic mass is 19.1. The van der Waals surface area contributed by atoms with E-state index in [2.05, 4.69) is 0 Å². The van der Waals surface area contributed by atoms with E-state index in [9.17, 15) is 9.18 Å². The van der Waals surface area contributed by atoms with Crippen molar-refractivity contribution in [3.8, 4) is 0 Å². The quantitative estimate of drug-likeness (QED) is 0.773. The van der Waals surface area contributed by atoms with Gasteiger partial charge in [0.1, 0.15) is 11.4 Å². The van der Waals surface area contributed by atoms with Gasteiger partial charge in [0.2, 0.25) is 0 Å². The van der Waals surface area contributed by atoms with Crippen molar-refractivity contribution in [1.82, 2.24) is 0 Å². The molecule has 4 heteroatoms. The van der Waals surface area contributed by atoms with Crippen LogP contribution in [0.25, 0.3) is 0 Å². The second kappa shape index (κ2) is 5.85. The highest BCUT2D eigenvalue weighted by Crippen LogP contribution is 2.15. The van der Waals surface area contributed by atoms with Gasteiger partial charge in [0.25, 0.3) is 0 Å². The molecule has 0 aromatic heterocycles. The summed E-state index contributed by atoms with van der Waals surface area (Å²) in [7, 11) is 1.82. The number of benzene rings is 1. The second-order valence-corrected chi connectivity index (χ2v) is 5.24. The van der Waals surface area contributed by atoms with E-state index in [1.54, 1.807) is 12.1 Å². The zero-order valence-electron chi connectivity index (χ0n) is 11.4. The maximum absolute atomic E-state index is 13.0. The summed E-state index contributed by atoms with van der Waals surface area (Å²) in [4.78, 5) is 13.4. The van der Waals surface area contributed by atoms with Crippen LogP contribution >= 0.6 is 0 Å². The van der Waals surface area contributed by atoms with Crippen LogP contribution in [0, 0.1) is 5.82 Å². The third-order valence-corrected chi connectivity index (χ3v) is 2.32. The summed E-state index contributed by atoms with van der Waals surface area (Å²) in [5.74, 6) is -0.526. The smallest absolute Gasteiger partial charge is 0.308 e. The second-order valence-electron chi connectivity index (χ2n) is 5.24. The van der Waals surface area contributed by atoms with Crippen LogP contribution in [-0.4, -0.2) is 25.2 Å². The van der Waals surface area contributed by atoms with Gasteiger partial charge in [0, 0.05) is 19.3 Å². The van der Waals surface area contributed by atoms with Gasteiger partial charge in [-0.1, -0.05) is 6.07 Å². The van der Waals surface area contributed by atoms with Gasteiger partial charge in [-0.15, -0.1) is 0 Å². The van der Waals surface area contributed by atoms with Gasteiger partial charge < -0.3 is 9.64 Å². The number of ether oxygens (including phenoxy) is 1. The predicted octanol–water partition coefficient (Wildman–Crippen LogP) is 2.99. The predicted molar refractivity (Wildman–Crippen MR) is 70.1 cm³/mol. The van der Waals surface area contributed by atoms with Crippen LogP contribution in [0.2, 0.25) is 0 Å². The maximum atomic E-state index is 13.0. The third kappa shape index (κ3) is 5.17. The highest BCUT2D eigenvalue weighted by molar-refractivity contribution is 5.70. The molecule has 18 heavy (non-hydrogen) atoms. The summed E-state index contributed by atoms with van der Waals surface area (Å²) >= 11 is 0. The molecule has 1 rings (SSSR count). The van der Waals surface area contributed by atoms with E-state index in [4.69, 9.17) is 4.74 Å². The van der Waals surface area contributed by atoms with E-state index in [-0.39, 0.29) is 18.2 Å². The Balaban J connectivity index is 2.46. The number of carbonyl (C=O) groups is 1. The van der Waals surface area contributed by atoms with Gasteiger partial charge in [0.05, 0.1) is 6.42 Å². The van der Waals surface area contributed by atoms with Gasteiger partial charge in [0.15, 0.2) is 0 Å². The SMILES string of the molecule is CN(CCC(=O)OC(C)(C)C)c1cccc(F)c1. The first-order valence-corrected chi connectivity index (χ1v) is 5.96. The minimum Gasteiger partial charge on any atom is -0.460 e. The van der Waals surface area contributed by atoms with Crippen LogP contribution in [-0.2, 0) is 9.53 Å².